The van der Waals surface area contributed by atoms with Gasteiger partial charge >= 0.3 is 0 Å². The Balaban J connectivity index is 2.31. The summed E-state index contributed by atoms with van der Waals surface area (Å²) in [7, 11) is 1.94. The average Bonchev–Trinajstić information content (AvgIpc) is 2.42. The summed E-state index contributed by atoms with van der Waals surface area (Å²) < 4.78 is 7.10. The molecular weight excluding hydrogens is 326 g/mol. The van der Waals surface area contributed by atoms with Crippen molar-refractivity contribution in [3.8, 4) is 11.5 Å². The maximum Gasteiger partial charge on any atom is 0.141 e. The zero-order valence-electron chi connectivity index (χ0n) is 13.0. The summed E-state index contributed by atoms with van der Waals surface area (Å²) in [6, 6.07) is 14.4. The molecule has 0 atom stereocenters. The third kappa shape index (κ3) is 4.08. The number of hydrogen-bond donors (Lipinski definition) is 1. The van der Waals surface area contributed by atoms with Crippen molar-refractivity contribution in [2.24, 2.45) is 0 Å². The summed E-state index contributed by atoms with van der Waals surface area (Å²) >= 11 is 3.60. The molecule has 0 unspecified atom stereocenters. The molecule has 0 aliphatic carbocycles. The molecule has 0 radical (unpaired) electrons. The maximum atomic E-state index is 6.13. The van der Waals surface area contributed by atoms with E-state index in [1.165, 1.54) is 11.1 Å². The number of hydrogen-bond acceptors (Lipinski definition) is 2. The quantitative estimate of drug-likeness (QED) is 0.814. The third-order valence-corrected chi connectivity index (χ3v) is 3.91. The highest BCUT2D eigenvalue weighted by atomic mass is 79.9. The SMILES string of the molecule is CNCc1ccc(Oc2ccccc2C(C)(C)C)c(Br)c1. The first-order valence-electron chi connectivity index (χ1n) is 7.12. The molecule has 0 bridgehead atoms. The van der Waals surface area contributed by atoms with Crippen LogP contribution in [-0.4, -0.2) is 7.05 Å². The molecule has 3 heteroatoms. The van der Waals surface area contributed by atoms with E-state index < -0.39 is 0 Å². The van der Waals surface area contributed by atoms with Crippen LogP contribution in [0.25, 0.3) is 0 Å². The number of rotatable bonds is 4. The molecule has 112 valence electrons. The minimum Gasteiger partial charge on any atom is -0.456 e. The van der Waals surface area contributed by atoms with E-state index in [4.69, 9.17) is 4.74 Å². The van der Waals surface area contributed by atoms with E-state index in [9.17, 15) is 0 Å². The first kappa shape index (κ1) is 16.1. The molecule has 0 saturated carbocycles. The first-order valence-corrected chi connectivity index (χ1v) is 7.91. The van der Waals surface area contributed by atoms with Crippen molar-refractivity contribution in [2.45, 2.75) is 32.7 Å². The van der Waals surface area contributed by atoms with Gasteiger partial charge in [-0.3, -0.25) is 0 Å². The van der Waals surface area contributed by atoms with Crippen LogP contribution >= 0.6 is 15.9 Å². The normalized spacial score (nSPS) is 11.5. The predicted octanol–water partition coefficient (Wildman–Crippen LogP) is 5.26. The van der Waals surface area contributed by atoms with Crippen molar-refractivity contribution < 1.29 is 4.74 Å². The topological polar surface area (TPSA) is 21.3 Å². The van der Waals surface area contributed by atoms with Gasteiger partial charge in [-0.05, 0) is 52.2 Å². The molecule has 0 fully saturated rings. The number of benzene rings is 2. The summed E-state index contributed by atoms with van der Waals surface area (Å²) in [6.07, 6.45) is 0. The lowest BCUT2D eigenvalue weighted by Crippen LogP contribution is -2.12. The predicted molar refractivity (Wildman–Crippen MR) is 92.1 cm³/mol. The van der Waals surface area contributed by atoms with Crippen LogP contribution in [0, 0.1) is 0 Å². The molecule has 0 heterocycles. The second-order valence-electron chi connectivity index (χ2n) is 6.14. The molecule has 0 aliphatic heterocycles. The Bertz CT molecular complexity index is 617. The van der Waals surface area contributed by atoms with E-state index >= 15 is 0 Å². The number of para-hydroxylation sites is 1. The van der Waals surface area contributed by atoms with Gasteiger partial charge in [-0.1, -0.05) is 45.0 Å². The van der Waals surface area contributed by atoms with Crippen LogP contribution in [0.4, 0.5) is 0 Å². The molecular formula is C18H22BrNO. The van der Waals surface area contributed by atoms with E-state index in [2.05, 4.69) is 66.3 Å². The Morgan fingerprint density at radius 1 is 1.05 bits per heavy atom. The van der Waals surface area contributed by atoms with Crippen LogP contribution in [0.1, 0.15) is 31.9 Å². The van der Waals surface area contributed by atoms with E-state index in [0.29, 0.717) is 0 Å². The van der Waals surface area contributed by atoms with Crippen molar-refractivity contribution in [3.05, 3.63) is 58.1 Å². The van der Waals surface area contributed by atoms with Gasteiger partial charge in [0.05, 0.1) is 4.47 Å². The second kappa shape index (κ2) is 6.63. The molecule has 21 heavy (non-hydrogen) atoms. The van der Waals surface area contributed by atoms with Crippen LogP contribution in [0.3, 0.4) is 0 Å². The Morgan fingerprint density at radius 3 is 2.38 bits per heavy atom. The van der Waals surface area contributed by atoms with Gasteiger partial charge in [-0.2, -0.15) is 0 Å². The van der Waals surface area contributed by atoms with E-state index in [1.807, 2.05) is 25.2 Å². The maximum absolute atomic E-state index is 6.13. The lowest BCUT2D eigenvalue weighted by atomic mass is 9.86. The summed E-state index contributed by atoms with van der Waals surface area (Å²) in [4.78, 5) is 0. The minimum atomic E-state index is 0.0507. The molecule has 0 saturated heterocycles. The van der Waals surface area contributed by atoms with Crippen molar-refractivity contribution in [3.63, 3.8) is 0 Å². The van der Waals surface area contributed by atoms with Gasteiger partial charge in [0.25, 0.3) is 0 Å². The summed E-state index contributed by atoms with van der Waals surface area (Å²) in [5, 5.41) is 3.15. The van der Waals surface area contributed by atoms with Gasteiger partial charge in [0, 0.05) is 12.1 Å². The molecule has 1 N–H and O–H groups in total. The first-order chi connectivity index (χ1) is 9.91. The fourth-order valence-electron chi connectivity index (χ4n) is 2.23. The van der Waals surface area contributed by atoms with Gasteiger partial charge < -0.3 is 10.1 Å². The average molecular weight is 348 g/mol. The summed E-state index contributed by atoms with van der Waals surface area (Å²) in [5.41, 5.74) is 2.48. The third-order valence-electron chi connectivity index (χ3n) is 3.29. The zero-order valence-corrected chi connectivity index (χ0v) is 14.6. The Hall–Kier alpha value is -1.32. The van der Waals surface area contributed by atoms with Gasteiger partial charge in [0.2, 0.25) is 0 Å². The molecule has 2 nitrogen and oxygen atoms in total. The van der Waals surface area contributed by atoms with E-state index in [-0.39, 0.29) is 5.41 Å². The number of halogens is 1. The van der Waals surface area contributed by atoms with Crippen molar-refractivity contribution in [1.29, 1.82) is 0 Å². The van der Waals surface area contributed by atoms with Gasteiger partial charge in [0.15, 0.2) is 0 Å². The number of ether oxygens (including phenoxy) is 1. The molecule has 0 aliphatic rings. The molecule has 0 amide bonds. The number of nitrogens with one attached hydrogen (secondary N) is 1. The van der Waals surface area contributed by atoms with Crippen LogP contribution in [0.2, 0.25) is 0 Å². The van der Waals surface area contributed by atoms with Gasteiger partial charge in [-0.25, -0.2) is 0 Å². The van der Waals surface area contributed by atoms with Crippen LogP contribution in [-0.2, 0) is 12.0 Å². The molecule has 0 spiro atoms. The summed E-state index contributed by atoms with van der Waals surface area (Å²) in [6.45, 7) is 7.43. The minimum absolute atomic E-state index is 0.0507. The Morgan fingerprint density at radius 2 is 1.76 bits per heavy atom. The molecule has 0 aromatic heterocycles. The fraction of sp³-hybridized carbons (Fsp3) is 0.333. The smallest absolute Gasteiger partial charge is 0.141 e. The van der Waals surface area contributed by atoms with Crippen molar-refractivity contribution in [2.75, 3.05) is 7.05 Å². The van der Waals surface area contributed by atoms with Crippen molar-refractivity contribution >= 4 is 15.9 Å². The fourth-order valence-corrected chi connectivity index (χ4v) is 2.74. The molecule has 2 aromatic rings. The van der Waals surface area contributed by atoms with Gasteiger partial charge in [-0.15, -0.1) is 0 Å². The van der Waals surface area contributed by atoms with Crippen LogP contribution in [0.15, 0.2) is 46.9 Å². The summed E-state index contributed by atoms with van der Waals surface area (Å²) in [5.74, 6) is 1.75. The Kier molecular flexibility index (Phi) is 5.07. The second-order valence-corrected chi connectivity index (χ2v) is 7.00. The van der Waals surface area contributed by atoms with Gasteiger partial charge in [0.1, 0.15) is 11.5 Å². The lowest BCUT2D eigenvalue weighted by molar-refractivity contribution is 0.453. The van der Waals surface area contributed by atoms with Crippen LogP contribution in [0.5, 0.6) is 11.5 Å². The largest absolute Gasteiger partial charge is 0.456 e. The highest BCUT2D eigenvalue weighted by molar-refractivity contribution is 9.10. The van der Waals surface area contributed by atoms with E-state index in [1.54, 1.807) is 0 Å². The zero-order chi connectivity index (χ0) is 15.5. The molecule has 2 aromatic carbocycles. The van der Waals surface area contributed by atoms with E-state index in [0.717, 1.165) is 22.5 Å². The standard InChI is InChI=1S/C18H22BrNO/c1-18(2,3)14-7-5-6-8-16(14)21-17-10-9-13(12-20-4)11-15(17)19/h5-11,20H,12H2,1-4H3. The highest BCUT2D eigenvalue weighted by Gasteiger charge is 2.19. The monoisotopic (exact) mass is 347 g/mol. The Labute approximate surface area is 135 Å². The highest BCUT2D eigenvalue weighted by Crippen LogP contribution is 2.36. The van der Waals surface area contributed by atoms with Crippen molar-refractivity contribution in [1.82, 2.24) is 5.32 Å². The van der Waals surface area contributed by atoms with Crippen LogP contribution < -0.4 is 10.1 Å². The lowest BCUT2D eigenvalue weighted by Gasteiger charge is -2.23. The molecule has 2 rings (SSSR count).